The highest BCUT2D eigenvalue weighted by molar-refractivity contribution is 4.78. The van der Waals surface area contributed by atoms with Crippen LogP contribution in [0.2, 0.25) is 0 Å². The van der Waals surface area contributed by atoms with Crippen LogP contribution in [0.1, 0.15) is 46.5 Å². The van der Waals surface area contributed by atoms with Crippen LogP contribution in [0.5, 0.6) is 0 Å². The first-order chi connectivity index (χ1) is 8.51. The molecule has 1 unspecified atom stereocenters. The highest BCUT2D eigenvalue weighted by Crippen LogP contribution is 2.29. The molecule has 110 valence electrons. The van der Waals surface area contributed by atoms with E-state index in [0.29, 0.717) is 13.2 Å². The number of hydrogen-bond acceptors (Lipinski definition) is 4. The van der Waals surface area contributed by atoms with Crippen LogP contribution in [0.15, 0.2) is 0 Å². The lowest BCUT2D eigenvalue weighted by atomic mass is 9.81. The Kier molecular flexibility index (Phi) is 8.78. The maximum Gasteiger partial charge on any atom is 0.0564 e. The van der Waals surface area contributed by atoms with E-state index in [1.807, 2.05) is 0 Å². The first kappa shape index (κ1) is 17.8. The van der Waals surface area contributed by atoms with E-state index in [0.717, 1.165) is 25.7 Å². The standard InChI is InChI=1S/C14H30O4/c1-4-6-7-14(5-2,10-17)12-18-11-13(3,8-15)9-16/h15-17H,4-12H2,1-3H3. The van der Waals surface area contributed by atoms with Crippen LogP contribution in [0, 0.1) is 10.8 Å². The summed E-state index contributed by atoms with van der Waals surface area (Å²) in [4.78, 5) is 0. The van der Waals surface area contributed by atoms with Crippen molar-refractivity contribution in [1.29, 1.82) is 0 Å². The van der Waals surface area contributed by atoms with E-state index in [1.54, 1.807) is 6.92 Å². The third-order valence-electron chi connectivity index (χ3n) is 3.77. The minimum atomic E-state index is -0.598. The van der Waals surface area contributed by atoms with E-state index in [9.17, 15) is 15.3 Å². The second-order valence-electron chi connectivity index (χ2n) is 5.73. The first-order valence-corrected chi connectivity index (χ1v) is 6.92. The molecule has 0 aromatic rings. The van der Waals surface area contributed by atoms with Crippen molar-refractivity contribution in [2.45, 2.75) is 46.5 Å². The van der Waals surface area contributed by atoms with Crippen LogP contribution in [-0.2, 0) is 4.74 Å². The van der Waals surface area contributed by atoms with Gasteiger partial charge in [0.1, 0.15) is 0 Å². The average molecular weight is 262 g/mol. The van der Waals surface area contributed by atoms with Gasteiger partial charge in [-0.15, -0.1) is 0 Å². The Morgan fingerprint density at radius 3 is 1.94 bits per heavy atom. The molecule has 0 spiro atoms. The molecule has 3 N–H and O–H groups in total. The van der Waals surface area contributed by atoms with Crippen molar-refractivity contribution in [3.05, 3.63) is 0 Å². The van der Waals surface area contributed by atoms with E-state index in [4.69, 9.17) is 4.74 Å². The lowest BCUT2D eigenvalue weighted by Gasteiger charge is -2.32. The molecule has 0 aliphatic heterocycles. The minimum Gasteiger partial charge on any atom is -0.396 e. The zero-order chi connectivity index (χ0) is 14.1. The molecule has 1 atom stereocenters. The van der Waals surface area contributed by atoms with Crippen molar-refractivity contribution in [3.8, 4) is 0 Å². The highest BCUT2D eigenvalue weighted by Gasteiger charge is 2.29. The number of aliphatic hydroxyl groups excluding tert-OH is 3. The van der Waals surface area contributed by atoms with E-state index in [-0.39, 0.29) is 25.2 Å². The maximum absolute atomic E-state index is 9.57. The average Bonchev–Trinajstić information content (AvgIpc) is 2.42. The van der Waals surface area contributed by atoms with Gasteiger partial charge in [0, 0.05) is 10.8 Å². The lowest BCUT2D eigenvalue weighted by Crippen LogP contribution is -2.36. The third-order valence-corrected chi connectivity index (χ3v) is 3.77. The number of hydrogen-bond donors (Lipinski definition) is 3. The van der Waals surface area contributed by atoms with Crippen LogP contribution in [0.25, 0.3) is 0 Å². The molecule has 0 heterocycles. The lowest BCUT2D eigenvalue weighted by molar-refractivity contribution is -0.0594. The largest absolute Gasteiger partial charge is 0.396 e. The Hall–Kier alpha value is -0.160. The second kappa shape index (κ2) is 8.86. The predicted molar refractivity (Wildman–Crippen MR) is 72.4 cm³/mol. The molecule has 0 fully saturated rings. The molecule has 0 bridgehead atoms. The molecule has 0 aliphatic rings. The van der Waals surface area contributed by atoms with Gasteiger partial charge in [-0.3, -0.25) is 0 Å². The van der Waals surface area contributed by atoms with Gasteiger partial charge in [0.15, 0.2) is 0 Å². The van der Waals surface area contributed by atoms with Gasteiger partial charge in [-0.2, -0.15) is 0 Å². The summed E-state index contributed by atoms with van der Waals surface area (Å²) >= 11 is 0. The predicted octanol–water partition coefficient (Wildman–Crippen LogP) is 1.57. The molecule has 0 rings (SSSR count). The van der Waals surface area contributed by atoms with Crippen LogP contribution in [0.3, 0.4) is 0 Å². The fourth-order valence-corrected chi connectivity index (χ4v) is 1.79. The summed E-state index contributed by atoms with van der Waals surface area (Å²) < 4.78 is 5.64. The topological polar surface area (TPSA) is 69.9 Å². The van der Waals surface area contributed by atoms with E-state index >= 15 is 0 Å². The summed E-state index contributed by atoms with van der Waals surface area (Å²) in [5.41, 5.74) is -0.776. The number of rotatable bonds is 11. The quantitative estimate of drug-likeness (QED) is 0.528. The molecular weight excluding hydrogens is 232 g/mol. The molecule has 4 heteroatoms. The van der Waals surface area contributed by atoms with Crippen molar-refractivity contribution in [3.63, 3.8) is 0 Å². The van der Waals surface area contributed by atoms with Gasteiger partial charge in [0.25, 0.3) is 0 Å². The summed E-state index contributed by atoms with van der Waals surface area (Å²) in [6, 6.07) is 0. The van der Waals surface area contributed by atoms with Crippen molar-refractivity contribution in [2.24, 2.45) is 10.8 Å². The van der Waals surface area contributed by atoms with Crippen LogP contribution >= 0.6 is 0 Å². The Morgan fingerprint density at radius 2 is 1.56 bits per heavy atom. The number of ether oxygens (including phenoxy) is 1. The van der Waals surface area contributed by atoms with Crippen LogP contribution in [-0.4, -0.2) is 48.4 Å². The van der Waals surface area contributed by atoms with Crippen LogP contribution in [0.4, 0.5) is 0 Å². The molecule has 0 radical (unpaired) electrons. The maximum atomic E-state index is 9.57. The molecule has 0 aromatic carbocycles. The van der Waals surface area contributed by atoms with Crippen molar-refractivity contribution < 1.29 is 20.1 Å². The van der Waals surface area contributed by atoms with Crippen molar-refractivity contribution in [1.82, 2.24) is 0 Å². The van der Waals surface area contributed by atoms with Gasteiger partial charge in [-0.05, 0) is 12.8 Å². The summed E-state index contributed by atoms with van der Waals surface area (Å²) in [5, 5.41) is 27.9. The van der Waals surface area contributed by atoms with Gasteiger partial charge in [-0.1, -0.05) is 33.6 Å². The van der Waals surface area contributed by atoms with E-state index in [1.165, 1.54) is 0 Å². The Balaban J connectivity index is 4.26. The number of unbranched alkanes of at least 4 members (excludes halogenated alkanes) is 1. The van der Waals surface area contributed by atoms with E-state index < -0.39 is 5.41 Å². The Morgan fingerprint density at radius 1 is 0.944 bits per heavy atom. The molecule has 0 aromatic heterocycles. The van der Waals surface area contributed by atoms with Gasteiger partial charge in [0.2, 0.25) is 0 Å². The molecule has 4 nitrogen and oxygen atoms in total. The summed E-state index contributed by atoms with van der Waals surface area (Å²) in [6.07, 6.45) is 4.01. The highest BCUT2D eigenvalue weighted by atomic mass is 16.5. The molecule has 18 heavy (non-hydrogen) atoms. The Bertz CT molecular complexity index is 198. The molecule has 0 saturated heterocycles. The molecule has 0 saturated carbocycles. The fraction of sp³-hybridized carbons (Fsp3) is 1.00. The fourth-order valence-electron chi connectivity index (χ4n) is 1.79. The molecular formula is C14H30O4. The van der Waals surface area contributed by atoms with Crippen molar-refractivity contribution >= 4 is 0 Å². The van der Waals surface area contributed by atoms with Gasteiger partial charge >= 0.3 is 0 Å². The SMILES string of the molecule is CCCCC(CC)(CO)COCC(C)(CO)CO. The van der Waals surface area contributed by atoms with Gasteiger partial charge in [-0.25, -0.2) is 0 Å². The summed E-state index contributed by atoms with van der Waals surface area (Å²) in [6.45, 7) is 6.70. The first-order valence-electron chi connectivity index (χ1n) is 6.92. The van der Waals surface area contributed by atoms with Crippen molar-refractivity contribution in [2.75, 3.05) is 33.0 Å². The zero-order valence-corrected chi connectivity index (χ0v) is 12.1. The minimum absolute atomic E-state index is 0.100. The zero-order valence-electron chi connectivity index (χ0n) is 12.1. The molecule has 0 aliphatic carbocycles. The van der Waals surface area contributed by atoms with E-state index in [2.05, 4.69) is 13.8 Å². The third kappa shape index (κ3) is 5.65. The monoisotopic (exact) mass is 262 g/mol. The Labute approximate surface area is 111 Å². The summed E-state index contributed by atoms with van der Waals surface area (Å²) in [5.74, 6) is 0. The number of aliphatic hydroxyl groups is 3. The molecule has 0 amide bonds. The smallest absolute Gasteiger partial charge is 0.0564 e. The summed E-state index contributed by atoms with van der Waals surface area (Å²) in [7, 11) is 0. The van der Waals surface area contributed by atoms with Gasteiger partial charge < -0.3 is 20.1 Å². The van der Waals surface area contributed by atoms with Crippen LogP contribution < -0.4 is 0 Å². The second-order valence-corrected chi connectivity index (χ2v) is 5.73. The van der Waals surface area contributed by atoms with Gasteiger partial charge in [0.05, 0.1) is 33.0 Å². The normalized spacial score (nSPS) is 15.7.